The Kier molecular flexibility index (Phi) is 6.77. The van der Waals surface area contributed by atoms with Crippen LogP contribution in [0.2, 0.25) is 0 Å². The number of rotatable bonds is 4. The molecule has 0 saturated carbocycles. The monoisotopic (exact) mass is 831 g/mol. The van der Waals surface area contributed by atoms with E-state index in [9.17, 15) is 0 Å². The van der Waals surface area contributed by atoms with E-state index in [0.717, 1.165) is 49.2 Å². The maximum atomic E-state index is 5.76. The lowest BCUT2D eigenvalue weighted by molar-refractivity contribution is 1.08. The fourth-order valence-corrected chi connectivity index (χ4v) is 12.0. The third kappa shape index (κ3) is 4.51. The molecule has 0 saturated heterocycles. The molecule has 0 aliphatic carbocycles. The molecule has 6 heterocycles. The van der Waals surface area contributed by atoms with Gasteiger partial charge in [-0.2, -0.15) is 0 Å². The average molecular weight is 832 g/mol. The lowest BCUT2D eigenvalue weighted by Crippen LogP contribution is -2.02. The minimum absolute atomic E-state index is 0.701. The molecule has 0 fully saturated rings. The number of hydrogen-bond acceptors (Lipinski definition) is 3. The standard InChI is InChI=1S/C58H33N5S/c1-3-15-34(16-4-1)35-27-29-41-45-33-44-39-20-8-12-24-47(39)63(55(44)52-42-21-9-13-25-48(42)62(54(45)52)50(41)31-35)57-53-43-22-10-14-26-51(43)64-58(53)60-56(59-57)36-28-30-40-38-19-7-11-23-46(38)61(49(40)32-36)37-17-5-2-6-18-37/h1-33H. The van der Waals surface area contributed by atoms with Crippen LogP contribution in [0.5, 0.6) is 0 Å². The van der Waals surface area contributed by atoms with Gasteiger partial charge in [0.25, 0.3) is 0 Å². The van der Waals surface area contributed by atoms with E-state index in [1.54, 1.807) is 11.3 Å². The van der Waals surface area contributed by atoms with Crippen molar-refractivity contribution in [1.82, 2.24) is 23.5 Å². The number of hydrogen-bond donors (Lipinski definition) is 0. The van der Waals surface area contributed by atoms with E-state index in [1.807, 2.05) is 0 Å². The first-order valence-electron chi connectivity index (χ1n) is 21.7. The van der Waals surface area contributed by atoms with Crippen molar-refractivity contribution in [2.75, 3.05) is 0 Å². The Morgan fingerprint density at radius 3 is 1.72 bits per heavy atom. The van der Waals surface area contributed by atoms with Crippen LogP contribution in [0.3, 0.4) is 0 Å². The largest absolute Gasteiger partial charge is 0.309 e. The zero-order chi connectivity index (χ0) is 41.6. The predicted octanol–water partition coefficient (Wildman–Crippen LogP) is 15.5. The van der Waals surface area contributed by atoms with E-state index in [1.165, 1.54) is 81.0 Å². The molecule has 296 valence electrons. The molecule has 15 aromatic rings. The van der Waals surface area contributed by atoms with Gasteiger partial charge in [-0.25, -0.2) is 9.97 Å². The lowest BCUT2D eigenvalue weighted by atomic mass is 10.0. The molecule has 0 amide bonds. The van der Waals surface area contributed by atoms with E-state index in [-0.39, 0.29) is 0 Å². The minimum Gasteiger partial charge on any atom is -0.309 e. The fourth-order valence-electron chi connectivity index (χ4n) is 10.9. The van der Waals surface area contributed by atoms with E-state index in [4.69, 9.17) is 9.97 Å². The summed E-state index contributed by atoms with van der Waals surface area (Å²) in [6.07, 6.45) is 0. The molecule has 6 aromatic heterocycles. The summed E-state index contributed by atoms with van der Waals surface area (Å²) in [5.41, 5.74) is 12.7. The molecule has 6 heteroatoms. The molecule has 0 atom stereocenters. The Labute approximate surface area is 369 Å². The number of aromatic nitrogens is 5. The summed E-state index contributed by atoms with van der Waals surface area (Å²) < 4.78 is 8.53. The smallest absolute Gasteiger partial charge is 0.163 e. The highest BCUT2D eigenvalue weighted by Gasteiger charge is 2.27. The number of fused-ring (bicyclic) bond motifs is 16. The van der Waals surface area contributed by atoms with Crippen molar-refractivity contribution in [1.29, 1.82) is 0 Å². The second kappa shape index (κ2) is 12.6. The van der Waals surface area contributed by atoms with Crippen molar-refractivity contribution in [3.05, 3.63) is 200 Å². The third-order valence-corrected chi connectivity index (χ3v) is 14.6. The molecule has 0 aliphatic rings. The van der Waals surface area contributed by atoms with Crippen molar-refractivity contribution < 1.29 is 0 Å². The molecule has 0 N–H and O–H groups in total. The molecular weight excluding hydrogens is 799 g/mol. The van der Waals surface area contributed by atoms with Crippen LogP contribution in [0.15, 0.2) is 200 Å². The van der Waals surface area contributed by atoms with Gasteiger partial charge in [0, 0.05) is 64.4 Å². The first kappa shape index (κ1) is 34.3. The quantitative estimate of drug-likeness (QED) is 0.177. The van der Waals surface area contributed by atoms with Crippen molar-refractivity contribution in [2.45, 2.75) is 0 Å². The third-order valence-electron chi connectivity index (χ3n) is 13.6. The summed E-state index contributed by atoms with van der Waals surface area (Å²) in [5.74, 6) is 1.59. The Hall–Kier alpha value is -8.32. The number of para-hydroxylation sites is 4. The van der Waals surface area contributed by atoms with Gasteiger partial charge >= 0.3 is 0 Å². The van der Waals surface area contributed by atoms with Gasteiger partial charge in [0.2, 0.25) is 0 Å². The van der Waals surface area contributed by atoms with Crippen molar-refractivity contribution in [3.8, 4) is 34.0 Å². The first-order valence-corrected chi connectivity index (χ1v) is 22.6. The fraction of sp³-hybridized carbons (Fsp3) is 0. The summed E-state index contributed by atoms with van der Waals surface area (Å²) in [6, 6.07) is 72.7. The van der Waals surface area contributed by atoms with Gasteiger partial charge in [0.05, 0.1) is 44.0 Å². The maximum Gasteiger partial charge on any atom is 0.163 e. The summed E-state index contributed by atoms with van der Waals surface area (Å²) >= 11 is 1.74. The normalized spacial score (nSPS) is 12.4. The van der Waals surface area contributed by atoms with Crippen LogP contribution < -0.4 is 0 Å². The van der Waals surface area contributed by atoms with Gasteiger partial charge in [-0.1, -0.05) is 146 Å². The Balaban J connectivity index is 1.08. The van der Waals surface area contributed by atoms with Crippen LogP contribution >= 0.6 is 11.3 Å². The minimum atomic E-state index is 0.701. The molecule has 0 bridgehead atoms. The molecule has 0 spiro atoms. The molecule has 64 heavy (non-hydrogen) atoms. The summed E-state index contributed by atoms with van der Waals surface area (Å²) in [7, 11) is 0. The molecular formula is C58H33N5S. The number of thiophene rings is 1. The highest BCUT2D eigenvalue weighted by atomic mass is 32.1. The van der Waals surface area contributed by atoms with Gasteiger partial charge < -0.3 is 8.97 Å². The summed E-state index contributed by atoms with van der Waals surface area (Å²) in [5, 5.41) is 12.0. The van der Waals surface area contributed by atoms with Gasteiger partial charge in [-0.15, -0.1) is 11.3 Å². The average Bonchev–Trinajstić information content (AvgIpc) is 4.16. The van der Waals surface area contributed by atoms with Crippen molar-refractivity contribution in [2.24, 2.45) is 0 Å². The van der Waals surface area contributed by atoms with Gasteiger partial charge in [0.15, 0.2) is 11.6 Å². The predicted molar refractivity (Wildman–Crippen MR) is 269 cm³/mol. The zero-order valence-corrected chi connectivity index (χ0v) is 35.0. The van der Waals surface area contributed by atoms with E-state index < -0.39 is 0 Å². The SMILES string of the molecule is c1ccc(-c2ccc3c4cc5c6ccccc6n(-c6nc(-c7ccc8c9ccccc9n(-c9ccccc9)c8c7)nc7sc8ccccc8c67)c5c5c6ccccc6n(c3c2)c45)cc1. The van der Waals surface area contributed by atoms with E-state index >= 15 is 0 Å². The van der Waals surface area contributed by atoms with Gasteiger partial charge in [0.1, 0.15) is 4.83 Å². The van der Waals surface area contributed by atoms with E-state index in [2.05, 4.69) is 214 Å². The topological polar surface area (TPSA) is 40.0 Å². The van der Waals surface area contributed by atoms with Crippen LogP contribution in [0.25, 0.3) is 136 Å². The van der Waals surface area contributed by atoms with Crippen LogP contribution in [0.4, 0.5) is 0 Å². The number of nitrogens with zero attached hydrogens (tertiary/aromatic N) is 5. The van der Waals surface area contributed by atoms with Crippen molar-refractivity contribution >= 4 is 113 Å². The van der Waals surface area contributed by atoms with Gasteiger partial charge in [-0.3, -0.25) is 4.57 Å². The molecule has 5 nitrogen and oxygen atoms in total. The van der Waals surface area contributed by atoms with Gasteiger partial charge in [-0.05, 0) is 65.7 Å². The van der Waals surface area contributed by atoms with E-state index in [0.29, 0.717) is 5.82 Å². The Morgan fingerprint density at radius 1 is 0.344 bits per heavy atom. The van der Waals surface area contributed by atoms with Crippen LogP contribution in [-0.2, 0) is 0 Å². The highest BCUT2D eigenvalue weighted by molar-refractivity contribution is 7.25. The molecule has 15 rings (SSSR count). The van der Waals surface area contributed by atoms with Crippen LogP contribution in [-0.4, -0.2) is 23.5 Å². The Morgan fingerprint density at radius 2 is 0.922 bits per heavy atom. The second-order valence-electron chi connectivity index (χ2n) is 16.9. The lowest BCUT2D eigenvalue weighted by Gasteiger charge is -2.13. The zero-order valence-electron chi connectivity index (χ0n) is 34.2. The summed E-state index contributed by atoms with van der Waals surface area (Å²) in [4.78, 5) is 12.2. The highest BCUT2D eigenvalue weighted by Crippen LogP contribution is 2.48. The van der Waals surface area contributed by atoms with Crippen LogP contribution in [0.1, 0.15) is 0 Å². The molecule has 0 unspecified atom stereocenters. The number of benzene rings is 9. The second-order valence-corrected chi connectivity index (χ2v) is 17.9. The van der Waals surface area contributed by atoms with Crippen molar-refractivity contribution in [3.63, 3.8) is 0 Å². The van der Waals surface area contributed by atoms with Crippen LogP contribution in [0, 0.1) is 0 Å². The maximum absolute atomic E-state index is 5.76. The molecule has 9 aromatic carbocycles. The summed E-state index contributed by atoms with van der Waals surface area (Å²) in [6.45, 7) is 0. The Bertz CT molecular complexity index is 4420. The first-order chi connectivity index (χ1) is 31.8. The molecule has 0 aliphatic heterocycles. The molecule has 0 radical (unpaired) electrons.